The summed E-state index contributed by atoms with van der Waals surface area (Å²) in [6.45, 7) is 15.2. The Morgan fingerprint density at radius 2 is 1.53 bits per heavy atom. The van der Waals surface area contributed by atoms with Gasteiger partial charge in [0.25, 0.3) is 0 Å². The lowest BCUT2D eigenvalue weighted by molar-refractivity contribution is -0.118. The summed E-state index contributed by atoms with van der Waals surface area (Å²) < 4.78 is 2.05. The van der Waals surface area contributed by atoms with E-state index in [0.717, 1.165) is 46.0 Å². The maximum absolute atomic E-state index is 13.7. The number of anilines is 1. The second-order valence-corrected chi connectivity index (χ2v) is 11.9. The number of carbonyl (C=O) groups is 1. The third-order valence-corrected chi connectivity index (χ3v) is 7.09. The van der Waals surface area contributed by atoms with Crippen molar-refractivity contribution in [3.63, 3.8) is 0 Å². The molecule has 0 saturated heterocycles. The fourth-order valence-corrected chi connectivity index (χ4v) is 5.41. The number of Topliss-reactive ketones (excluding diaryl/α,β-unsaturated/α-hetero) is 1. The second kappa shape index (κ2) is 7.69. The summed E-state index contributed by atoms with van der Waals surface area (Å²) in [5.74, 6) is 1.12. The van der Waals surface area contributed by atoms with E-state index in [4.69, 9.17) is 5.10 Å². The first-order chi connectivity index (χ1) is 15.9. The molecule has 1 aliphatic heterocycles. The van der Waals surface area contributed by atoms with Crippen molar-refractivity contribution in [2.24, 2.45) is 5.41 Å². The highest BCUT2D eigenvalue weighted by atomic mass is 16.1. The normalized spacial score (nSPS) is 19.5. The molecule has 0 amide bonds. The average molecular weight is 454 g/mol. The molecule has 0 saturated carbocycles. The van der Waals surface area contributed by atoms with Crippen LogP contribution in [0, 0.1) is 19.3 Å². The molecular weight excluding hydrogens is 418 g/mol. The van der Waals surface area contributed by atoms with Crippen LogP contribution in [-0.4, -0.2) is 15.6 Å². The van der Waals surface area contributed by atoms with E-state index >= 15 is 0 Å². The molecule has 4 nitrogen and oxygen atoms in total. The lowest BCUT2D eigenvalue weighted by Gasteiger charge is -2.39. The third-order valence-electron chi connectivity index (χ3n) is 7.09. The molecular formula is C30H35N3O. The molecule has 0 radical (unpaired) electrons. The van der Waals surface area contributed by atoms with Gasteiger partial charge in [0.05, 0.1) is 11.4 Å². The molecule has 1 aromatic heterocycles. The van der Waals surface area contributed by atoms with E-state index in [1.165, 1.54) is 11.1 Å². The monoisotopic (exact) mass is 453 g/mol. The maximum Gasteiger partial charge on any atom is 0.162 e. The molecule has 5 rings (SSSR count). The van der Waals surface area contributed by atoms with Gasteiger partial charge in [-0.3, -0.25) is 4.79 Å². The predicted molar refractivity (Wildman–Crippen MR) is 139 cm³/mol. The van der Waals surface area contributed by atoms with E-state index in [1.807, 2.05) is 4.68 Å². The van der Waals surface area contributed by atoms with Gasteiger partial charge in [-0.15, -0.1) is 0 Å². The molecule has 2 aromatic carbocycles. The fraction of sp³-hybridized carbons (Fsp3) is 0.400. The Morgan fingerprint density at radius 1 is 0.941 bits per heavy atom. The topological polar surface area (TPSA) is 46.9 Å². The summed E-state index contributed by atoms with van der Waals surface area (Å²) in [7, 11) is 0. The van der Waals surface area contributed by atoms with Crippen LogP contribution in [0.5, 0.6) is 0 Å². The maximum atomic E-state index is 13.7. The van der Waals surface area contributed by atoms with Crippen molar-refractivity contribution in [2.45, 2.75) is 72.6 Å². The van der Waals surface area contributed by atoms with Gasteiger partial charge in [-0.25, -0.2) is 4.68 Å². The minimum atomic E-state index is -0.181. The van der Waals surface area contributed by atoms with Crippen LogP contribution >= 0.6 is 0 Å². The van der Waals surface area contributed by atoms with Crippen LogP contribution in [0.2, 0.25) is 0 Å². The Bertz CT molecular complexity index is 1300. The lowest BCUT2D eigenvalue weighted by atomic mass is 9.68. The number of rotatable bonds is 2. The van der Waals surface area contributed by atoms with Gasteiger partial charge >= 0.3 is 0 Å². The van der Waals surface area contributed by atoms with Gasteiger partial charge in [0.1, 0.15) is 5.82 Å². The van der Waals surface area contributed by atoms with Crippen LogP contribution in [0.3, 0.4) is 0 Å². The zero-order chi connectivity index (χ0) is 24.4. The first kappa shape index (κ1) is 22.6. The molecule has 1 N–H and O–H groups in total. The summed E-state index contributed by atoms with van der Waals surface area (Å²) >= 11 is 0. The first-order valence-corrected chi connectivity index (χ1v) is 12.2. The standard InChI is InChI=1S/C30H35N3O/c1-18-8-12-20(13-9-18)24-25-22(16-30(6,7)17-23(25)34)31-28-26(24)27(29(3,4)5)32-33(28)21-14-10-19(2)11-15-21/h8-15,24,31H,16-17H2,1-7H3. The third kappa shape index (κ3) is 3.79. The van der Waals surface area contributed by atoms with Crippen LogP contribution in [0.1, 0.15) is 81.3 Å². The molecule has 1 aliphatic carbocycles. The van der Waals surface area contributed by atoms with Crippen LogP contribution in [0.15, 0.2) is 59.8 Å². The number of hydrogen-bond acceptors (Lipinski definition) is 3. The number of hydrogen-bond donors (Lipinski definition) is 1. The highest BCUT2D eigenvalue weighted by Crippen LogP contribution is 2.51. The summed E-state index contributed by atoms with van der Waals surface area (Å²) in [4.78, 5) is 13.7. The Kier molecular flexibility index (Phi) is 5.12. The average Bonchev–Trinajstić information content (AvgIpc) is 3.12. The van der Waals surface area contributed by atoms with Gasteiger partial charge in [-0.2, -0.15) is 5.10 Å². The Hall–Kier alpha value is -3.14. The molecule has 176 valence electrons. The summed E-state index contributed by atoms with van der Waals surface area (Å²) in [6.07, 6.45) is 1.42. The van der Waals surface area contributed by atoms with Crippen molar-refractivity contribution in [3.05, 3.63) is 87.7 Å². The minimum absolute atomic E-state index is 0.0696. The van der Waals surface area contributed by atoms with Crippen LogP contribution in [0.4, 0.5) is 5.82 Å². The Morgan fingerprint density at radius 3 is 2.12 bits per heavy atom. The first-order valence-electron chi connectivity index (χ1n) is 12.2. The van der Waals surface area contributed by atoms with Gasteiger partial charge in [0.15, 0.2) is 5.78 Å². The van der Waals surface area contributed by atoms with E-state index in [1.54, 1.807) is 0 Å². The van der Waals surface area contributed by atoms with Crippen molar-refractivity contribution >= 4 is 11.6 Å². The quantitative estimate of drug-likeness (QED) is 0.455. The molecule has 0 bridgehead atoms. The van der Waals surface area contributed by atoms with E-state index < -0.39 is 0 Å². The van der Waals surface area contributed by atoms with Crippen LogP contribution in [0.25, 0.3) is 5.69 Å². The largest absolute Gasteiger partial charge is 0.343 e. The molecule has 1 atom stereocenters. The Balaban J connectivity index is 1.82. The molecule has 3 aromatic rings. The van der Waals surface area contributed by atoms with Crippen molar-refractivity contribution in [2.75, 3.05) is 5.32 Å². The second-order valence-electron chi connectivity index (χ2n) is 11.9. The number of benzene rings is 2. The van der Waals surface area contributed by atoms with Gasteiger partial charge in [-0.05, 0) is 43.4 Å². The number of ketones is 1. The molecule has 4 heteroatoms. The number of allylic oxidation sites excluding steroid dienone is 2. The molecule has 34 heavy (non-hydrogen) atoms. The summed E-state index contributed by atoms with van der Waals surface area (Å²) in [5.41, 5.74) is 8.50. The number of aryl methyl sites for hydroxylation is 2. The van der Waals surface area contributed by atoms with Gasteiger partial charge in [-0.1, -0.05) is 82.1 Å². The minimum Gasteiger partial charge on any atom is -0.343 e. The Labute approximate surface area is 203 Å². The number of carbonyl (C=O) groups excluding carboxylic acids is 1. The SMILES string of the molecule is Cc1ccc(C2C3=C(CC(C)(C)CC3=O)Nc3c2c(C(C)(C)C)nn3-c2ccc(C)cc2)cc1. The molecule has 0 fully saturated rings. The smallest absolute Gasteiger partial charge is 0.162 e. The predicted octanol–water partition coefficient (Wildman–Crippen LogP) is 6.99. The van der Waals surface area contributed by atoms with E-state index in [-0.39, 0.29) is 22.5 Å². The fourth-order valence-electron chi connectivity index (χ4n) is 5.41. The highest BCUT2D eigenvalue weighted by molar-refractivity contribution is 6.01. The zero-order valence-corrected chi connectivity index (χ0v) is 21.4. The molecule has 2 aliphatic rings. The zero-order valence-electron chi connectivity index (χ0n) is 21.4. The molecule has 0 spiro atoms. The summed E-state index contributed by atoms with van der Waals surface area (Å²) in [5, 5.41) is 8.92. The lowest BCUT2D eigenvalue weighted by Crippen LogP contribution is -2.34. The van der Waals surface area contributed by atoms with Crippen LogP contribution < -0.4 is 5.32 Å². The number of nitrogens with zero attached hydrogens (tertiary/aromatic N) is 2. The number of aromatic nitrogens is 2. The van der Waals surface area contributed by atoms with Gasteiger partial charge < -0.3 is 5.32 Å². The van der Waals surface area contributed by atoms with Crippen molar-refractivity contribution < 1.29 is 4.79 Å². The number of fused-ring (bicyclic) bond motifs is 1. The van der Waals surface area contributed by atoms with Crippen molar-refractivity contribution in [1.29, 1.82) is 0 Å². The number of nitrogens with one attached hydrogen (secondary N) is 1. The molecule has 1 unspecified atom stereocenters. The van der Waals surface area contributed by atoms with Crippen LogP contribution in [-0.2, 0) is 10.2 Å². The highest BCUT2D eigenvalue weighted by Gasteiger charge is 2.44. The van der Waals surface area contributed by atoms with E-state index in [9.17, 15) is 4.79 Å². The van der Waals surface area contributed by atoms with Crippen molar-refractivity contribution in [3.8, 4) is 5.69 Å². The van der Waals surface area contributed by atoms with Gasteiger partial charge in [0.2, 0.25) is 0 Å². The summed E-state index contributed by atoms with van der Waals surface area (Å²) in [6, 6.07) is 17.2. The molecule has 2 heterocycles. The van der Waals surface area contributed by atoms with Crippen molar-refractivity contribution in [1.82, 2.24) is 9.78 Å². The van der Waals surface area contributed by atoms with E-state index in [2.05, 4.69) is 102 Å². The van der Waals surface area contributed by atoms with Gasteiger partial charge in [0, 0.05) is 34.6 Å². The van der Waals surface area contributed by atoms with E-state index in [0.29, 0.717) is 6.42 Å².